The second-order valence-electron chi connectivity index (χ2n) is 9.29. The van der Waals surface area contributed by atoms with Crippen LogP contribution >= 0.6 is 0 Å². The predicted octanol–water partition coefficient (Wildman–Crippen LogP) is 4.06. The molecular formula is C23H33N3OSi. The minimum absolute atomic E-state index is 0.0490. The zero-order valence-electron chi connectivity index (χ0n) is 18.1. The lowest BCUT2D eigenvalue weighted by Crippen LogP contribution is -2.47. The van der Waals surface area contributed by atoms with Crippen molar-refractivity contribution in [3.05, 3.63) is 41.6 Å². The molecule has 5 heteroatoms. The average Bonchev–Trinajstić information content (AvgIpc) is 3.04. The number of aromatic nitrogens is 1. The first-order valence-electron chi connectivity index (χ1n) is 10.6. The van der Waals surface area contributed by atoms with Crippen LogP contribution in [0, 0.1) is 5.92 Å². The van der Waals surface area contributed by atoms with E-state index in [2.05, 4.69) is 80.1 Å². The van der Waals surface area contributed by atoms with Gasteiger partial charge in [-0.15, -0.1) is 0 Å². The summed E-state index contributed by atoms with van der Waals surface area (Å²) in [7, 11) is 0.694. The maximum atomic E-state index is 13.1. The van der Waals surface area contributed by atoms with Crippen molar-refractivity contribution in [3.8, 4) is 0 Å². The van der Waals surface area contributed by atoms with Crippen molar-refractivity contribution < 1.29 is 4.79 Å². The van der Waals surface area contributed by atoms with E-state index in [0.29, 0.717) is 6.04 Å². The summed E-state index contributed by atoms with van der Waals surface area (Å²) in [6.45, 7) is 13.7. The van der Waals surface area contributed by atoms with Crippen molar-refractivity contribution in [3.63, 3.8) is 0 Å². The zero-order valence-corrected chi connectivity index (χ0v) is 19.1. The van der Waals surface area contributed by atoms with E-state index in [9.17, 15) is 4.79 Å². The van der Waals surface area contributed by atoms with Crippen LogP contribution in [-0.4, -0.2) is 60.9 Å². The Morgan fingerprint density at radius 1 is 1.21 bits per heavy atom. The largest absolute Gasteiger partial charge is 0.374 e. The SMILES string of the molecule is CCN(CC)C(=O)C1C=C2c3cccc4c3c(cn4[Si](C)(C)C)CC2N(C)C1. The van der Waals surface area contributed by atoms with E-state index >= 15 is 0 Å². The molecule has 0 radical (unpaired) electrons. The molecule has 0 saturated carbocycles. The first-order valence-corrected chi connectivity index (χ1v) is 14.1. The fraction of sp³-hybridized carbons (Fsp3) is 0.522. The van der Waals surface area contributed by atoms with Crippen LogP contribution in [0.4, 0.5) is 0 Å². The molecule has 2 unspecified atom stereocenters. The first kappa shape index (κ1) is 19.5. The van der Waals surface area contributed by atoms with Gasteiger partial charge in [-0.2, -0.15) is 0 Å². The molecule has 1 aliphatic carbocycles. The fourth-order valence-corrected chi connectivity index (χ4v) is 6.49. The van der Waals surface area contributed by atoms with Crippen LogP contribution in [0.5, 0.6) is 0 Å². The Balaban J connectivity index is 1.85. The molecule has 1 aromatic heterocycles. The molecule has 4 rings (SSSR count). The lowest BCUT2D eigenvalue weighted by Gasteiger charge is -2.40. The Hall–Kier alpha value is -1.85. The van der Waals surface area contributed by atoms with E-state index in [1.807, 2.05) is 4.90 Å². The summed E-state index contributed by atoms with van der Waals surface area (Å²) in [6, 6.07) is 7.09. The Morgan fingerprint density at radius 3 is 2.57 bits per heavy atom. The number of likely N-dealkylation sites (N-methyl/N-ethyl adjacent to an activating group) is 1. The van der Waals surface area contributed by atoms with Crippen molar-refractivity contribution >= 4 is 30.6 Å². The van der Waals surface area contributed by atoms with E-state index in [1.54, 1.807) is 0 Å². The van der Waals surface area contributed by atoms with Crippen LogP contribution in [-0.2, 0) is 11.2 Å². The first-order chi connectivity index (χ1) is 13.3. The molecule has 0 N–H and O–H groups in total. The monoisotopic (exact) mass is 395 g/mol. The summed E-state index contributed by atoms with van der Waals surface area (Å²) in [4.78, 5) is 17.4. The quantitative estimate of drug-likeness (QED) is 0.730. The molecule has 2 aromatic rings. The summed E-state index contributed by atoms with van der Waals surface area (Å²) in [6.07, 6.45) is 5.74. The fourth-order valence-electron chi connectivity index (χ4n) is 5.04. The number of amides is 1. The topological polar surface area (TPSA) is 28.5 Å². The third kappa shape index (κ3) is 2.96. The van der Waals surface area contributed by atoms with Crippen molar-refractivity contribution in [2.24, 2.45) is 5.92 Å². The molecule has 0 fully saturated rings. The number of nitrogens with zero attached hydrogens (tertiary/aromatic N) is 3. The number of hydrogen-bond donors (Lipinski definition) is 0. The molecule has 1 aromatic carbocycles. The maximum absolute atomic E-state index is 13.1. The second-order valence-corrected chi connectivity index (χ2v) is 14.1. The van der Waals surface area contributed by atoms with Gasteiger partial charge in [-0.3, -0.25) is 9.69 Å². The van der Waals surface area contributed by atoms with Crippen LogP contribution < -0.4 is 0 Å². The molecule has 0 spiro atoms. The van der Waals surface area contributed by atoms with Crippen LogP contribution in [0.15, 0.2) is 30.5 Å². The molecule has 4 nitrogen and oxygen atoms in total. The van der Waals surface area contributed by atoms with Crippen LogP contribution in [0.3, 0.4) is 0 Å². The van der Waals surface area contributed by atoms with Crippen molar-refractivity contribution in [2.75, 3.05) is 26.7 Å². The molecule has 150 valence electrons. The minimum atomic E-state index is -1.49. The predicted molar refractivity (Wildman–Crippen MR) is 120 cm³/mol. The molecule has 28 heavy (non-hydrogen) atoms. The van der Waals surface area contributed by atoms with Gasteiger partial charge in [0.15, 0.2) is 8.24 Å². The van der Waals surface area contributed by atoms with E-state index < -0.39 is 8.24 Å². The van der Waals surface area contributed by atoms with Crippen molar-refractivity contribution in [2.45, 2.75) is 46.0 Å². The van der Waals surface area contributed by atoms with Crippen LogP contribution in [0.2, 0.25) is 19.6 Å². The van der Waals surface area contributed by atoms with Gasteiger partial charge >= 0.3 is 0 Å². The summed E-state index contributed by atoms with van der Waals surface area (Å²) in [5.41, 5.74) is 5.52. The third-order valence-corrected chi connectivity index (χ3v) is 8.32. The van der Waals surface area contributed by atoms with Gasteiger partial charge in [0, 0.05) is 36.6 Å². The van der Waals surface area contributed by atoms with Gasteiger partial charge in [-0.25, -0.2) is 0 Å². The standard InChI is InChI=1S/C23H33N3OSi/c1-7-25(8-2)23(27)17-12-19-18-10-9-11-20-22(18)16(13-21(19)24(3)14-17)15-26(20)28(4,5)6/h9-12,15,17,21H,7-8,13-14H2,1-6H3. The Morgan fingerprint density at radius 2 is 1.93 bits per heavy atom. The van der Waals surface area contributed by atoms with Crippen LogP contribution in [0.25, 0.3) is 16.5 Å². The molecule has 2 aliphatic rings. The van der Waals surface area contributed by atoms with Crippen LogP contribution in [0.1, 0.15) is 25.0 Å². The number of carbonyl (C=O) groups excluding carboxylic acids is 1. The molecule has 2 atom stereocenters. The zero-order chi connectivity index (χ0) is 20.2. The van der Waals surface area contributed by atoms with E-state index in [-0.39, 0.29) is 11.8 Å². The Labute approximate surface area is 169 Å². The smallest absolute Gasteiger partial charge is 0.230 e. The summed E-state index contributed by atoms with van der Waals surface area (Å²) in [5.74, 6) is 0.215. The molecule has 1 aliphatic heterocycles. The Bertz CT molecular complexity index is 949. The minimum Gasteiger partial charge on any atom is -0.374 e. The van der Waals surface area contributed by atoms with E-state index in [0.717, 1.165) is 26.1 Å². The van der Waals surface area contributed by atoms with Gasteiger partial charge in [-0.1, -0.05) is 37.8 Å². The number of rotatable bonds is 4. The number of carbonyl (C=O) groups is 1. The van der Waals surface area contributed by atoms with Gasteiger partial charge < -0.3 is 9.13 Å². The highest BCUT2D eigenvalue weighted by Gasteiger charge is 2.37. The number of benzene rings is 1. The van der Waals surface area contributed by atoms with Crippen molar-refractivity contribution in [1.29, 1.82) is 0 Å². The van der Waals surface area contributed by atoms with Gasteiger partial charge in [0.2, 0.25) is 5.91 Å². The second kappa shape index (κ2) is 6.89. The maximum Gasteiger partial charge on any atom is 0.230 e. The lowest BCUT2D eigenvalue weighted by atomic mass is 9.79. The molecule has 0 bridgehead atoms. The Kier molecular flexibility index (Phi) is 4.79. The molecule has 0 saturated heterocycles. The normalized spacial score (nSPS) is 22.1. The van der Waals surface area contributed by atoms with E-state index in [1.165, 1.54) is 27.6 Å². The van der Waals surface area contributed by atoms with Gasteiger partial charge in [0.25, 0.3) is 0 Å². The van der Waals surface area contributed by atoms with Gasteiger partial charge in [-0.05, 0) is 56.3 Å². The summed E-state index contributed by atoms with van der Waals surface area (Å²) < 4.78 is 2.55. The molecular weight excluding hydrogens is 362 g/mol. The highest BCUT2D eigenvalue weighted by atomic mass is 28.3. The van der Waals surface area contributed by atoms with Gasteiger partial charge in [0.1, 0.15) is 0 Å². The summed E-state index contributed by atoms with van der Waals surface area (Å²) >= 11 is 0. The van der Waals surface area contributed by atoms with E-state index in [4.69, 9.17) is 0 Å². The lowest BCUT2D eigenvalue weighted by molar-refractivity contribution is -0.134. The molecule has 2 heterocycles. The highest BCUT2D eigenvalue weighted by Crippen LogP contribution is 2.42. The number of fused-ring (bicyclic) bond motifs is 2. The number of hydrogen-bond acceptors (Lipinski definition) is 2. The highest BCUT2D eigenvalue weighted by molar-refractivity contribution is 6.75. The molecule has 1 amide bonds. The average molecular weight is 396 g/mol. The van der Waals surface area contributed by atoms with Gasteiger partial charge in [0.05, 0.1) is 5.92 Å². The third-order valence-electron chi connectivity index (χ3n) is 6.50. The van der Waals surface area contributed by atoms with Crippen molar-refractivity contribution in [1.82, 2.24) is 14.0 Å². The summed E-state index contributed by atoms with van der Waals surface area (Å²) in [5, 5.41) is 1.41.